The molecule has 0 aliphatic heterocycles. The number of alkyl carbamates (subject to hydrolysis) is 1. The number of rotatable bonds is 11. The Morgan fingerprint density at radius 1 is 1.00 bits per heavy atom. The molecule has 0 spiro atoms. The summed E-state index contributed by atoms with van der Waals surface area (Å²) in [5, 5.41) is 2.82. The molecule has 198 valence electrons. The summed E-state index contributed by atoms with van der Waals surface area (Å²) in [6, 6.07) is 5.97. The van der Waals surface area contributed by atoms with Gasteiger partial charge in [-0.05, 0) is 85.0 Å². The third-order valence-electron chi connectivity index (χ3n) is 5.58. The van der Waals surface area contributed by atoms with E-state index >= 15 is 0 Å². The first kappa shape index (κ1) is 29.2. The van der Waals surface area contributed by atoms with Gasteiger partial charge in [0.25, 0.3) is 0 Å². The summed E-state index contributed by atoms with van der Waals surface area (Å²) in [7, 11) is 0. The highest BCUT2D eigenvalue weighted by atomic mass is 16.6. The highest BCUT2D eigenvalue weighted by Gasteiger charge is 2.28. The first-order chi connectivity index (χ1) is 16.8. The summed E-state index contributed by atoms with van der Waals surface area (Å²) in [6.07, 6.45) is 4.94. The molecule has 1 amide bonds. The van der Waals surface area contributed by atoms with Crippen molar-refractivity contribution in [3.8, 4) is 0 Å². The van der Waals surface area contributed by atoms with Crippen LogP contribution in [-0.4, -0.2) is 45.6 Å². The van der Waals surface area contributed by atoms with Crippen molar-refractivity contribution in [2.24, 2.45) is 0 Å². The zero-order valence-corrected chi connectivity index (χ0v) is 23.1. The second-order valence-electron chi connectivity index (χ2n) is 10.7. The Labute approximate surface area is 215 Å². The highest BCUT2D eigenvalue weighted by Crippen LogP contribution is 2.28. The van der Waals surface area contributed by atoms with Crippen LogP contribution in [-0.2, 0) is 33.0 Å². The van der Waals surface area contributed by atoms with Crippen molar-refractivity contribution < 1.29 is 19.1 Å². The third-order valence-corrected chi connectivity index (χ3v) is 5.58. The van der Waals surface area contributed by atoms with Gasteiger partial charge < -0.3 is 14.8 Å². The van der Waals surface area contributed by atoms with E-state index in [0.29, 0.717) is 19.6 Å². The molecule has 0 saturated carbocycles. The summed E-state index contributed by atoms with van der Waals surface area (Å²) in [5.41, 5.74) is 3.73. The number of aryl methyl sites for hydroxylation is 2. The van der Waals surface area contributed by atoms with Crippen LogP contribution in [0.4, 0.5) is 4.79 Å². The molecular formula is C28H42N4O4. The van der Waals surface area contributed by atoms with E-state index in [1.165, 1.54) is 6.92 Å². The third kappa shape index (κ3) is 9.93. The topological polar surface area (TPSA) is 93.7 Å². The van der Waals surface area contributed by atoms with Gasteiger partial charge in [-0.2, -0.15) is 0 Å². The van der Waals surface area contributed by atoms with Gasteiger partial charge in [-0.25, -0.2) is 4.79 Å². The summed E-state index contributed by atoms with van der Waals surface area (Å²) in [4.78, 5) is 35.2. The number of carbonyl (C=O) groups excluding carboxylic acids is 2. The predicted molar refractivity (Wildman–Crippen MR) is 140 cm³/mol. The number of esters is 1. The molecule has 0 unspecified atom stereocenters. The normalized spacial score (nSPS) is 11.9. The van der Waals surface area contributed by atoms with Crippen molar-refractivity contribution in [3.63, 3.8) is 0 Å². The SMILES string of the molecule is CC(=O)OC(C)(C)c1cccnc1CN(CCCCNC(=O)OC(C)(C)C)Cc1ncc(C)cc1C. The summed E-state index contributed by atoms with van der Waals surface area (Å²) in [5.74, 6) is -0.330. The minimum Gasteiger partial charge on any atom is -0.455 e. The first-order valence-electron chi connectivity index (χ1n) is 12.5. The van der Waals surface area contributed by atoms with Gasteiger partial charge in [0.05, 0.1) is 11.4 Å². The van der Waals surface area contributed by atoms with E-state index in [1.807, 2.05) is 59.9 Å². The molecule has 0 atom stereocenters. The largest absolute Gasteiger partial charge is 0.455 e. The number of carbonyl (C=O) groups is 2. The minimum absolute atomic E-state index is 0.330. The number of ether oxygens (including phenoxy) is 2. The molecule has 0 aliphatic rings. The molecule has 36 heavy (non-hydrogen) atoms. The van der Waals surface area contributed by atoms with Gasteiger partial charge in [0.15, 0.2) is 0 Å². The van der Waals surface area contributed by atoms with Crippen LogP contribution < -0.4 is 5.32 Å². The zero-order chi connectivity index (χ0) is 26.9. The van der Waals surface area contributed by atoms with E-state index in [-0.39, 0.29) is 5.97 Å². The van der Waals surface area contributed by atoms with Crippen LogP contribution in [0.3, 0.4) is 0 Å². The second-order valence-corrected chi connectivity index (χ2v) is 10.7. The summed E-state index contributed by atoms with van der Waals surface area (Å²) >= 11 is 0. The number of nitrogens with zero attached hydrogens (tertiary/aromatic N) is 3. The lowest BCUT2D eigenvalue weighted by Gasteiger charge is -2.29. The van der Waals surface area contributed by atoms with E-state index in [2.05, 4.69) is 33.2 Å². The van der Waals surface area contributed by atoms with Crippen molar-refractivity contribution in [3.05, 3.63) is 58.7 Å². The van der Waals surface area contributed by atoms with Crippen molar-refractivity contribution in [2.45, 2.75) is 92.5 Å². The maximum Gasteiger partial charge on any atom is 0.407 e. The average Bonchev–Trinajstić information content (AvgIpc) is 2.73. The van der Waals surface area contributed by atoms with Gasteiger partial charge in [0, 0.05) is 44.5 Å². The monoisotopic (exact) mass is 498 g/mol. The molecule has 2 aromatic rings. The number of hydrogen-bond donors (Lipinski definition) is 1. The lowest BCUT2D eigenvalue weighted by Crippen LogP contribution is -2.33. The minimum atomic E-state index is -0.795. The van der Waals surface area contributed by atoms with Crippen molar-refractivity contribution in [1.29, 1.82) is 0 Å². The molecule has 0 bridgehead atoms. The van der Waals surface area contributed by atoms with Crippen LogP contribution in [0.1, 0.15) is 82.5 Å². The number of amides is 1. The Hall–Kier alpha value is -3.00. The molecule has 1 N–H and O–H groups in total. The van der Waals surface area contributed by atoms with Crippen LogP contribution in [0.2, 0.25) is 0 Å². The zero-order valence-electron chi connectivity index (χ0n) is 23.1. The molecule has 8 nitrogen and oxygen atoms in total. The van der Waals surface area contributed by atoms with E-state index < -0.39 is 17.3 Å². The van der Waals surface area contributed by atoms with Gasteiger partial charge in [0.2, 0.25) is 0 Å². The van der Waals surface area contributed by atoms with E-state index in [4.69, 9.17) is 9.47 Å². The summed E-state index contributed by atoms with van der Waals surface area (Å²) < 4.78 is 10.9. The molecule has 0 fully saturated rings. The fraction of sp³-hybridized carbons (Fsp3) is 0.571. The Morgan fingerprint density at radius 2 is 1.69 bits per heavy atom. The fourth-order valence-electron chi connectivity index (χ4n) is 4.04. The number of pyridine rings is 2. The van der Waals surface area contributed by atoms with Crippen molar-refractivity contribution >= 4 is 12.1 Å². The Balaban J connectivity index is 2.13. The van der Waals surface area contributed by atoms with Crippen LogP contribution in [0.25, 0.3) is 0 Å². The molecule has 2 heterocycles. The van der Waals surface area contributed by atoms with Crippen molar-refractivity contribution in [2.75, 3.05) is 13.1 Å². The van der Waals surface area contributed by atoms with Gasteiger partial charge in [-0.3, -0.25) is 19.7 Å². The average molecular weight is 499 g/mol. The summed E-state index contributed by atoms with van der Waals surface area (Å²) in [6.45, 7) is 17.4. The van der Waals surface area contributed by atoms with Gasteiger partial charge in [-0.15, -0.1) is 0 Å². The molecule has 0 aromatic carbocycles. The van der Waals surface area contributed by atoms with Gasteiger partial charge in [0.1, 0.15) is 11.2 Å². The molecule has 2 rings (SSSR count). The van der Waals surface area contributed by atoms with E-state index in [1.54, 1.807) is 6.20 Å². The lowest BCUT2D eigenvalue weighted by atomic mass is 9.95. The van der Waals surface area contributed by atoms with Crippen LogP contribution >= 0.6 is 0 Å². The Bertz CT molecular complexity index is 1030. The quantitative estimate of drug-likeness (QED) is 0.336. The van der Waals surface area contributed by atoms with Gasteiger partial charge in [-0.1, -0.05) is 12.1 Å². The maximum absolute atomic E-state index is 11.9. The van der Waals surface area contributed by atoms with Crippen molar-refractivity contribution in [1.82, 2.24) is 20.2 Å². The molecule has 0 radical (unpaired) electrons. The number of unbranched alkanes of at least 4 members (excludes halogenated alkanes) is 1. The Kier molecular flexibility index (Phi) is 10.4. The molecule has 8 heteroatoms. The van der Waals surface area contributed by atoms with Crippen LogP contribution in [0.15, 0.2) is 30.6 Å². The molecule has 0 aliphatic carbocycles. The predicted octanol–water partition coefficient (Wildman–Crippen LogP) is 5.20. The second kappa shape index (κ2) is 12.8. The number of aromatic nitrogens is 2. The van der Waals surface area contributed by atoms with Crippen LogP contribution in [0.5, 0.6) is 0 Å². The van der Waals surface area contributed by atoms with E-state index in [9.17, 15) is 9.59 Å². The smallest absolute Gasteiger partial charge is 0.407 e. The Morgan fingerprint density at radius 3 is 2.33 bits per heavy atom. The standard InChI is InChI=1S/C28H42N4O4/c1-20-16-21(2)24(31-17-20)18-32(15-10-9-13-30-26(34)36-27(4,5)6)19-25-23(12-11-14-29-25)28(7,8)35-22(3)33/h11-12,14,16-17H,9-10,13,15,18-19H2,1-8H3,(H,30,34). The number of nitrogens with one attached hydrogen (secondary N) is 1. The maximum atomic E-state index is 11.9. The molecule has 0 saturated heterocycles. The molecule has 2 aromatic heterocycles. The van der Waals surface area contributed by atoms with E-state index in [0.717, 1.165) is 47.5 Å². The number of hydrogen-bond acceptors (Lipinski definition) is 7. The lowest BCUT2D eigenvalue weighted by molar-refractivity contribution is -0.154. The first-order valence-corrected chi connectivity index (χ1v) is 12.5. The molecular weight excluding hydrogens is 456 g/mol. The fourth-order valence-corrected chi connectivity index (χ4v) is 4.04. The van der Waals surface area contributed by atoms with Crippen LogP contribution in [0, 0.1) is 13.8 Å². The highest BCUT2D eigenvalue weighted by molar-refractivity contribution is 5.67. The van der Waals surface area contributed by atoms with Gasteiger partial charge >= 0.3 is 12.1 Å².